The summed E-state index contributed by atoms with van der Waals surface area (Å²) in [5, 5.41) is 2.55. The maximum absolute atomic E-state index is 12.8. The molecule has 0 radical (unpaired) electrons. The van der Waals surface area contributed by atoms with E-state index < -0.39 is 57.2 Å². The molecular formula is C18H15F3N2O5S. The molecule has 0 saturated carbocycles. The molecule has 0 aliphatic carbocycles. The van der Waals surface area contributed by atoms with Crippen LogP contribution in [0.15, 0.2) is 59.5 Å². The number of benzene rings is 2. The average Bonchev–Trinajstić information content (AvgIpc) is 2.67. The third kappa shape index (κ3) is 4.74. The molecule has 154 valence electrons. The lowest BCUT2D eigenvalue weighted by atomic mass is 9.99. The molecule has 1 aliphatic heterocycles. The highest BCUT2D eigenvalue weighted by atomic mass is 32.2. The SMILES string of the molecule is O=C1CO[C@@H](C(=O)NS(=O)(=O)c2cccc(C(F)(F)F)c2)[C@@H](c2ccccc2)N1. The summed E-state index contributed by atoms with van der Waals surface area (Å²) >= 11 is 0. The van der Waals surface area contributed by atoms with Crippen molar-refractivity contribution in [3.05, 3.63) is 65.7 Å². The number of hydrogen-bond donors (Lipinski definition) is 2. The number of carbonyl (C=O) groups excluding carboxylic acids is 2. The molecule has 2 amide bonds. The summed E-state index contributed by atoms with van der Waals surface area (Å²) in [6, 6.07) is 10.3. The minimum Gasteiger partial charge on any atom is -0.356 e. The zero-order valence-electron chi connectivity index (χ0n) is 14.6. The molecule has 11 heteroatoms. The van der Waals surface area contributed by atoms with Crippen LogP contribution in [0.2, 0.25) is 0 Å². The number of ether oxygens (including phenoxy) is 1. The summed E-state index contributed by atoms with van der Waals surface area (Å²) in [5.41, 5.74) is -0.673. The lowest BCUT2D eigenvalue weighted by Crippen LogP contribution is -2.53. The molecule has 2 aromatic rings. The Morgan fingerprint density at radius 3 is 2.45 bits per heavy atom. The van der Waals surface area contributed by atoms with Crippen LogP contribution in [0.5, 0.6) is 0 Å². The van der Waals surface area contributed by atoms with E-state index in [-0.39, 0.29) is 0 Å². The Bertz CT molecular complexity index is 1030. The fourth-order valence-electron chi connectivity index (χ4n) is 2.79. The Morgan fingerprint density at radius 1 is 1.10 bits per heavy atom. The van der Waals surface area contributed by atoms with Gasteiger partial charge in [-0.2, -0.15) is 13.2 Å². The van der Waals surface area contributed by atoms with Crippen molar-refractivity contribution in [2.45, 2.75) is 23.2 Å². The number of hydrogen-bond acceptors (Lipinski definition) is 5. The van der Waals surface area contributed by atoms with E-state index in [1.54, 1.807) is 35.1 Å². The third-order valence-corrected chi connectivity index (χ3v) is 5.48. The fourth-order valence-corrected chi connectivity index (χ4v) is 3.83. The van der Waals surface area contributed by atoms with Crippen molar-refractivity contribution in [3.63, 3.8) is 0 Å². The van der Waals surface area contributed by atoms with Crippen molar-refractivity contribution in [3.8, 4) is 0 Å². The molecule has 2 aromatic carbocycles. The van der Waals surface area contributed by atoms with Crippen LogP contribution in [0.3, 0.4) is 0 Å². The average molecular weight is 428 g/mol. The number of sulfonamides is 1. The molecule has 0 spiro atoms. The number of halogens is 3. The van der Waals surface area contributed by atoms with Gasteiger partial charge in [0.1, 0.15) is 6.61 Å². The predicted octanol–water partition coefficient (Wildman–Crippen LogP) is 1.77. The number of nitrogens with one attached hydrogen (secondary N) is 2. The van der Waals surface area contributed by atoms with Crippen LogP contribution in [-0.4, -0.2) is 32.9 Å². The lowest BCUT2D eigenvalue weighted by molar-refractivity contribution is -0.147. The van der Waals surface area contributed by atoms with Gasteiger partial charge in [-0.25, -0.2) is 13.1 Å². The Hall–Kier alpha value is -2.92. The van der Waals surface area contributed by atoms with Crippen molar-refractivity contribution in [2.24, 2.45) is 0 Å². The summed E-state index contributed by atoms with van der Waals surface area (Å²) in [5.74, 6) is -1.61. The summed E-state index contributed by atoms with van der Waals surface area (Å²) in [4.78, 5) is 23.5. The van der Waals surface area contributed by atoms with Gasteiger partial charge in [0, 0.05) is 0 Å². The van der Waals surface area contributed by atoms with Gasteiger partial charge >= 0.3 is 6.18 Å². The van der Waals surface area contributed by atoms with E-state index in [1.807, 2.05) is 0 Å². The minimum atomic E-state index is -4.75. The van der Waals surface area contributed by atoms with Crippen molar-refractivity contribution < 1.29 is 35.9 Å². The fraction of sp³-hybridized carbons (Fsp3) is 0.222. The van der Waals surface area contributed by atoms with Gasteiger partial charge in [-0.15, -0.1) is 0 Å². The Balaban J connectivity index is 1.85. The molecule has 3 rings (SSSR count). The minimum absolute atomic E-state index is 0.424. The van der Waals surface area contributed by atoms with Gasteiger partial charge in [0.2, 0.25) is 5.91 Å². The van der Waals surface area contributed by atoms with E-state index in [4.69, 9.17) is 4.74 Å². The van der Waals surface area contributed by atoms with Crippen molar-refractivity contribution in [1.82, 2.24) is 10.0 Å². The number of morpholine rings is 1. The molecule has 0 bridgehead atoms. The summed E-state index contributed by atoms with van der Waals surface area (Å²) in [7, 11) is -4.60. The maximum Gasteiger partial charge on any atom is 0.416 e. The second-order valence-electron chi connectivity index (χ2n) is 6.18. The van der Waals surface area contributed by atoms with Crippen molar-refractivity contribution >= 4 is 21.8 Å². The number of amides is 2. The van der Waals surface area contributed by atoms with E-state index in [1.165, 1.54) is 0 Å². The quantitative estimate of drug-likeness (QED) is 0.773. The van der Waals surface area contributed by atoms with Gasteiger partial charge < -0.3 is 10.1 Å². The largest absolute Gasteiger partial charge is 0.416 e. The van der Waals surface area contributed by atoms with Gasteiger partial charge in [-0.05, 0) is 23.8 Å². The van der Waals surface area contributed by atoms with E-state index in [0.29, 0.717) is 17.7 Å². The summed E-state index contributed by atoms with van der Waals surface area (Å²) < 4.78 is 70.3. The first-order valence-electron chi connectivity index (χ1n) is 8.28. The zero-order valence-corrected chi connectivity index (χ0v) is 15.5. The zero-order chi connectivity index (χ0) is 21.2. The monoisotopic (exact) mass is 428 g/mol. The molecule has 2 atom stereocenters. The first kappa shape index (κ1) is 20.8. The van der Waals surface area contributed by atoms with Crippen LogP contribution in [0.4, 0.5) is 13.2 Å². The van der Waals surface area contributed by atoms with Crippen LogP contribution >= 0.6 is 0 Å². The van der Waals surface area contributed by atoms with Gasteiger partial charge in [-0.3, -0.25) is 9.59 Å². The molecule has 7 nitrogen and oxygen atoms in total. The van der Waals surface area contributed by atoms with Crippen LogP contribution in [-0.2, 0) is 30.5 Å². The summed E-state index contributed by atoms with van der Waals surface area (Å²) in [6.45, 7) is -0.467. The number of carbonyl (C=O) groups is 2. The van der Waals surface area contributed by atoms with E-state index in [2.05, 4.69) is 5.32 Å². The lowest BCUT2D eigenvalue weighted by Gasteiger charge is -2.31. The van der Waals surface area contributed by atoms with Crippen molar-refractivity contribution in [1.29, 1.82) is 0 Å². The smallest absolute Gasteiger partial charge is 0.356 e. The Labute approximate surface area is 163 Å². The standard InChI is InChI=1S/C18H15F3N2O5S/c19-18(20,21)12-7-4-8-13(9-12)29(26,27)23-17(25)16-15(22-14(24)10-28-16)11-5-2-1-3-6-11/h1-9,15-16H,10H2,(H,22,24)(H,23,25)/t15-,16-/m1/s1. The molecule has 0 aromatic heterocycles. The molecule has 0 unspecified atom stereocenters. The predicted molar refractivity (Wildman–Crippen MR) is 93.8 cm³/mol. The van der Waals surface area contributed by atoms with E-state index in [0.717, 1.165) is 12.1 Å². The topological polar surface area (TPSA) is 102 Å². The second kappa shape index (κ2) is 7.84. The van der Waals surface area contributed by atoms with Crippen LogP contribution in [0.25, 0.3) is 0 Å². The normalized spacial score (nSPS) is 20.0. The number of alkyl halides is 3. The third-order valence-electron chi connectivity index (χ3n) is 4.14. The highest BCUT2D eigenvalue weighted by Gasteiger charge is 2.38. The number of rotatable bonds is 4. The Kier molecular flexibility index (Phi) is 5.62. The van der Waals surface area contributed by atoms with Crippen LogP contribution < -0.4 is 10.0 Å². The second-order valence-corrected chi connectivity index (χ2v) is 7.87. The van der Waals surface area contributed by atoms with Crippen LogP contribution in [0.1, 0.15) is 17.2 Å². The molecule has 1 heterocycles. The highest BCUT2D eigenvalue weighted by Crippen LogP contribution is 2.30. The maximum atomic E-state index is 12.8. The molecular weight excluding hydrogens is 413 g/mol. The van der Waals surface area contributed by atoms with E-state index in [9.17, 15) is 31.2 Å². The summed E-state index contributed by atoms with van der Waals surface area (Å²) in [6.07, 6.45) is -6.14. The van der Waals surface area contributed by atoms with Crippen molar-refractivity contribution in [2.75, 3.05) is 6.61 Å². The van der Waals surface area contributed by atoms with E-state index >= 15 is 0 Å². The molecule has 2 N–H and O–H groups in total. The van der Waals surface area contributed by atoms with Gasteiger partial charge in [0.25, 0.3) is 15.9 Å². The van der Waals surface area contributed by atoms with Gasteiger partial charge in [-0.1, -0.05) is 36.4 Å². The van der Waals surface area contributed by atoms with Gasteiger partial charge in [0.15, 0.2) is 6.10 Å². The first-order valence-corrected chi connectivity index (χ1v) is 9.76. The first-order chi connectivity index (χ1) is 13.6. The highest BCUT2D eigenvalue weighted by molar-refractivity contribution is 7.90. The molecule has 1 saturated heterocycles. The molecule has 1 aliphatic rings. The molecule has 1 fully saturated rings. The molecule has 29 heavy (non-hydrogen) atoms. The van der Waals surface area contributed by atoms with Gasteiger partial charge in [0.05, 0.1) is 16.5 Å². The Morgan fingerprint density at radius 2 is 1.79 bits per heavy atom. The van der Waals surface area contributed by atoms with Crippen LogP contribution in [0, 0.1) is 0 Å².